The fraction of sp³-hybridized carbons (Fsp3) is 0.524. The van der Waals surface area contributed by atoms with Crippen molar-refractivity contribution < 1.29 is 14.3 Å². The Morgan fingerprint density at radius 3 is 2.52 bits per heavy atom. The fourth-order valence-electron chi connectivity index (χ4n) is 3.78. The average molecular weight is 389 g/mol. The van der Waals surface area contributed by atoms with E-state index in [1.165, 1.54) is 30.6 Å². The zero-order valence-corrected chi connectivity index (χ0v) is 17.4. The summed E-state index contributed by atoms with van der Waals surface area (Å²) in [5, 5.41) is 0.830. The quantitative estimate of drug-likeness (QED) is 0.704. The van der Waals surface area contributed by atoms with Gasteiger partial charge in [0, 0.05) is 18.2 Å². The molecule has 1 aliphatic rings. The number of rotatable bonds is 6. The van der Waals surface area contributed by atoms with Crippen LogP contribution in [0.2, 0.25) is 0 Å². The number of carbonyl (C=O) groups is 1. The molecule has 1 aromatic carbocycles. The van der Waals surface area contributed by atoms with Crippen LogP contribution in [0.15, 0.2) is 18.2 Å². The first kappa shape index (κ1) is 19.7. The van der Waals surface area contributed by atoms with Crippen molar-refractivity contribution in [2.24, 2.45) is 0 Å². The molecule has 0 aliphatic heterocycles. The molecule has 0 atom stereocenters. The molecule has 27 heavy (non-hydrogen) atoms. The van der Waals surface area contributed by atoms with Crippen molar-refractivity contribution in [2.75, 3.05) is 20.8 Å². The lowest BCUT2D eigenvalue weighted by molar-refractivity contribution is 0.0652. The molecule has 3 rings (SSSR count). The maximum Gasteiger partial charge on any atom is 0.266 e. The second kappa shape index (κ2) is 8.74. The van der Waals surface area contributed by atoms with Crippen molar-refractivity contribution in [1.29, 1.82) is 0 Å². The van der Waals surface area contributed by atoms with Crippen molar-refractivity contribution in [3.63, 3.8) is 0 Å². The average Bonchev–Trinajstić information content (AvgIpc) is 3.10. The van der Waals surface area contributed by atoms with Gasteiger partial charge in [0.05, 0.1) is 19.9 Å². The maximum absolute atomic E-state index is 13.2. The molecule has 0 radical (unpaired) electrons. The van der Waals surface area contributed by atoms with Crippen LogP contribution in [0.1, 0.15) is 54.4 Å². The van der Waals surface area contributed by atoms with E-state index in [9.17, 15) is 4.79 Å². The van der Waals surface area contributed by atoms with E-state index in [4.69, 9.17) is 9.47 Å². The minimum absolute atomic E-state index is 0.117. The highest BCUT2D eigenvalue weighted by Gasteiger charge is 2.28. The number of hydrogen-bond acceptors (Lipinski definition) is 5. The van der Waals surface area contributed by atoms with Crippen LogP contribution in [0.25, 0.3) is 10.6 Å². The molecule has 1 heterocycles. The number of ether oxygens (including phenoxy) is 2. The molecule has 1 saturated carbocycles. The standard InChI is InChI=1S/C21H28N2O3S/c1-5-23(16-9-7-6-8-10-16)21(24)19-14(2)22-20(27-19)15-11-12-17(25-3)18(13-15)26-4/h11-13,16H,5-10H2,1-4H3. The van der Waals surface area contributed by atoms with Crippen molar-refractivity contribution >= 4 is 17.2 Å². The van der Waals surface area contributed by atoms with Gasteiger partial charge in [-0.15, -0.1) is 11.3 Å². The number of nitrogens with zero attached hydrogens (tertiary/aromatic N) is 2. The summed E-state index contributed by atoms with van der Waals surface area (Å²) in [6, 6.07) is 6.09. The van der Waals surface area contributed by atoms with Crippen LogP contribution < -0.4 is 9.47 Å². The van der Waals surface area contributed by atoms with Gasteiger partial charge in [0.15, 0.2) is 11.5 Å². The Bertz CT molecular complexity index is 797. The third kappa shape index (κ3) is 4.10. The van der Waals surface area contributed by atoms with E-state index in [-0.39, 0.29) is 5.91 Å². The number of carbonyl (C=O) groups excluding carboxylic acids is 1. The first-order valence-electron chi connectivity index (χ1n) is 9.59. The smallest absolute Gasteiger partial charge is 0.266 e. The van der Waals surface area contributed by atoms with E-state index in [0.29, 0.717) is 17.5 Å². The summed E-state index contributed by atoms with van der Waals surface area (Å²) in [7, 11) is 3.24. The van der Waals surface area contributed by atoms with Crippen LogP contribution in [0.4, 0.5) is 0 Å². The molecule has 1 aliphatic carbocycles. The molecule has 0 N–H and O–H groups in total. The number of aryl methyl sites for hydroxylation is 1. The molecular formula is C21H28N2O3S. The van der Waals surface area contributed by atoms with Crippen molar-refractivity contribution in [2.45, 2.75) is 52.0 Å². The van der Waals surface area contributed by atoms with E-state index in [1.54, 1.807) is 14.2 Å². The van der Waals surface area contributed by atoms with E-state index < -0.39 is 0 Å². The molecule has 5 nitrogen and oxygen atoms in total. The van der Waals surface area contributed by atoms with E-state index >= 15 is 0 Å². The van der Waals surface area contributed by atoms with Crippen LogP contribution in [0.3, 0.4) is 0 Å². The highest BCUT2D eigenvalue weighted by molar-refractivity contribution is 7.17. The number of amides is 1. The van der Waals surface area contributed by atoms with Crippen LogP contribution in [0.5, 0.6) is 11.5 Å². The topological polar surface area (TPSA) is 51.7 Å². The Kier molecular flexibility index (Phi) is 6.37. The molecule has 1 amide bonds. The van der Waals surface area contributed by atoms with Gasteiger partial charge in [0.2, 0.25) is 0 Å². The molecule has 6 heteroatoms. The summed E-state index contributed by atoms with van der Waals surface area (Å²) in [6.07, 6.45) is 5.94. The van der Waals surface area contributed by atoms with Crippen molar-refractivity contribution in [3.05, 3.63) is 28.8 Å². The Balaban J connectivity index is 1.88. The van der Waals surface area contributed by atoms with Gasteiger partial charge in [-0.05, 0) is 44.9 Å². The maximum atomic E-state index is 13.2. The van der Waals surface area contributed by atoms with Crippen LogP contribution in [0, 0.1) is 6.92 Å². The van der Waals surface area contributed by atoms with Gasteiger partial charge >= 0.3 is 0 Å². The van der Waals surface area contributed by atoms with Gasteiger partial charge in [-0.25, -0.2) is 4.98 Å². The number of benzene rings is 1. The number of methoxy groups -OCH3 is 2. The van der Waals surface area contributed by atoms with E-state index in [2.05, 4.69) is 11.9 Å². The highest BCUT2D eigenvalue weighted by Crippen LogP contribution is 2.35. The first-order valence-corrected chi connectivity index (χ1v) is 10.4. The summed E-state index contributed by atoms with van der Waals surface area (Å²) < 4.78 is 10.7. The fourth-order valence-corrected chi connectivity index (χ4v) is 4.80. The Hall–Kier alpha value is -2.08. The van der Waals surface area contributed by atoms with Gasteiger partial charge < -0.3 is 14.4 Å². The predicted octanol–water partition coefficient (Wildman–Crippen LogP) is 4.93. The van der Waals surface area contributed by atoms with Crippen LogP contribution in [-0.2, 0) is 0 Å². The molecule has 0 bridgehead atoms. The largest absolute Gasteiger partial charge is 0.493 e. The van der Waals surface area contributed by atoms with Gasteiger partial charge in [-0.2, -0.15) is 0 Å². The molecule has 0 unspecified atom stereocenters. The van der Waals surface area contributed by atoms with Gasteiger partial charge in [0.1, 0.15) is 9.88 Å². The normalized spacial score (nSPS) is 14.8. The Labute approximate surface area is 165 Å². The van der Waals surface area contributed by atoms with Crippen molar-refractivity contribution in [1.82, 2.24) is 9.88 Å². The van der Waals surface area contributed by atoms with Crippen LogP contribution >= 0.6 is 11.3 Å². The van der Waals surface area contributed by atoms with Gasteiger partial charge in [-0.3, -0.25) is 4.79 Å². The molecule has 2 aromatic rings. The summed E-state index contributed by atoms with van der Waals surface area (Å²) in [4.78, 5) is 20.7. The lowest BCUT2D eigenvalue weighted by atomic mass is 9.94. The van der Waals surface area contributed by atoms with E-state index in [0.717, 1.165) is 40.5 Å². The summed E-state index contributed by atoms with van der Waals surface area (Å²) in [5.74, 6) is 1.46. The summed E-state index contributed by atoms with van der Waals surface area (Å²) in [5.41, 5.74) is 1.73. The summed E-state index contributed by atoms with van der Waals surface area (Å²) in [6.45, 7) is 4.73. The monoisotopic (exact) mass is 388 g/mol. The zero-order chi connectivity index (χ0) is 19.4. The number of hydrogen-bond donors (Lipinski definition) is 0. The van der Waals surface area contributed by atoms with Gasteiger partial charge in [-0.1, -0.05) is 19.3 Å². The molecular weight excluding hydrogens is 360 g/mol. The zero-order valence-electron chi connectivity index (χ0n) is 16.6. The molecule has 1 aromatic heterocycles. The first-order chi connectivity index (χ1) is 13.1. The minimum atomic E-state index is 0.117. The van der Waals surface area contributed by atoms with Crippen molar-refractivity contribution in [3.8, 4) is 22.1 Å². The second-order valence-electron chi connectivity index (χ2n) is 6.89. The Morgan fingerprint density at radius 1 is 1.19 bits per heavy atom. The molecule has 1 fully saturated rings. The highest BCUT2D eigenvalue weighted by atomic mass is 32.1. The van der Waals surface area contributed by atoms with E-state index in [1.807, 2.05) is 30.0 Å². The van der Waals surface area contributed by atoms with Crippen LogP contribution in [-0.4, -0.2) is 42.6 Å². The third-order valence-electron chi connectivity index (χ3n) is 5.24. The lowest BCUT2D eigenvalue weighted by Gasteiger charge is -2.33. The number of thiazole rings is 1. The number of aromatic nitrogens is 1. The third-order valence-corrected chi connectivity index (χ3v) is 6.43. The molecule has 146 valence electrons. The molecule has 0 spiro atoms. The predicted molar refractivity (Wildman–Crippen MR) is 109 cm³/mol. The Morgan fingerprint density at radius 2 is 1.89 bits per heavy atom. The second-order valence-corrected chi connectivity index (χ2v) is 7.89. The van der Waals surface area contributed by atoms with Gasteiger partial charge in [0.25, 0.3) is 5.91 Å². The molecule has 0 saturated heterocycles. The summed E-state index contributed by atoms with van der Waals surface area (Å²) >= 11 is 1.46. The lowest BCUT2D eigenvalue weighted by Crippen LogP contribution is -2.41. The SMILES string of the molecule is CCN(C(=O)c1sc(-c2ccc(OC)c(OC)c2)nc1C)C1CCCCC1. The minimum Gasteiger partial charge on any atom is -0.493 e.